The average molecular weight is 398 g/mol. The van der Waals surface area contributed by atoms with Gasteiger partial charge in [-0.2, -0.15) is 0 Å². The number of hydrogen-bond donors (Lipinski definition) is 2. The molecule has 0 aliphatic heterocycles. The minimum Gasteiger partial charge on any atom is -0.324 e. The maximum absolute atomic E-state index is 12.9. The van der Waals surface area contributed by atoms with E-state index in [2.05, 4.69) is 15.3 Å². The van der Waals surface area contributed by atoms with E-state index in [9.17, 15) is 9.59 Å². The number of hydrogen-bond acceptors (Lipinski definition) is 3. The zero-order valence-corrected chi connectivity index (χ0v) is 16.8. The maximum Gasteiger partial charge on any atom is 0.255 e. The van der Waals surface area contributed by atoms with Gasteiger partial charge in [-0.25, -0.2) is 4.98 Å². The van der Waals surface area contributed by atoms with E-state index < -0.39 is 0 Å². The summed E-state index contributed by atoms with van der Waals surface area (Å²) in [7, 11) is 0. The van der Waals surface area contributed by atoms with Crippen molar-refractivity contribution in [1.82, 2.24) is 14.5 Å². The molecule has 0 fully saturated rings. The summed E-state index contributed by atoms with van der Waals surface area (Å²) >= 11 is 0. The molecular weight excluding hydrogens is 376 g/mol. The monoisotopic (exact) mass is 398 g/mol. The third kappa shape index (κ3) is 4.07. The normalized spacial score (nSPS) is 10.7. The van der Waals surface area contributed by atoms with Gasteiger partial charge in [0.1, 0.15) is 5.82 Å². The van der Waals surface area contributed by atoms with Crippen molar-refractivity contribution in [2.75, 3.05) is 5.32 Å². The molecule has 0 saturated heterocycles. The second-order valence-electron chi connectivity index (χ2n) is 7.07. The molecule has 0 atom stereocenters. The van der Waals surface area contributed by atoms with Crippen LogP contribution in [-0.4, -0.2) is 20.4 Å². The number of amides is 1. The third-order valence-electron chi connectivity index (χ3n) is 4.90. The molecule has 2 N–H and O–H groups in total. The van der Waals surface area contributed by atoms with E-state index in [4.69, 9.17) is 0 Å². The molecule has 30 heavy (non-hydrogen) atoms. The molecule has 0 bridgehead atoms. The Balaban J connectivity index is 1.61. The lowest BCUT2D eigenvalue weighted by atomic mass is 10.1. The first-order valence-corrected chi connectivity index (χ1v) is 9.79. The number of nitrogens with zero attached hydrogens (tertiary/aromatic N) is 2. The van der Waals surface area contributed by atoms with E-state index in [1.165, 1.54) is 6.07 Å². The fourth-order valence-corrected chi connectivity index (χ4v) is 3.30. The number of anilines is 1. The highest BCUT2D eigenvalue weighted by Gasteiger charge is 2.11. The van der Waals surface area contributed by atoms with Gasteiger partial charge in [0.15, 0.2) is 0 Å². The second-order valence-corrected chi connectivity index (χ2v) is 7.07. The van der Waals surface area contributed by atoms with Crippen LogP contribution in [0.15, 0.2) is 77.9 Å². The van der Waals surface area contributed by atoms with Gasteiger partial charge in [0.25, 0.3) is 11.5 Å². The van der Waals surface area contributed by atoms with Crippen LogP contribution in [0.25, 0.3) is 17.1 Å². The highest BCUT2D eigenvalue weighted by Crippen LogP contribution is 2.21. The predicted octanol–water partition coefficient (Wildman–Crippen LogP) is 4.35. The molecule has 150 valence electrons. The average Bonchev–Trinajstić information content (AvgIpc) is 3.28. The fraction of sp³-hybridized carbons (Fsp3) is 0.125. The summed E-state index contributed by atoms with van der Waals surface area (Å²) in [5, 5.41) is 2.94. The van der Waals surface area contributed by atoms with Gasteiger partial charge in [-0.1, -0.05) is 25.1 Å². The van der Waals surface area contributed by atoms with Crippen molar-refractivity contribution in [3.63, 3.8) is 0 Å². The van der Waals surface area contributed by atoms with Gasteiger partial charge >= 0.3 is 0 Å². The molecule has 4 aromatic rings. The Bertz CT molecular complexity index is 1260. The van der Waals surface area contributed by atoms with Gasteiger partial charge in [0.2, 0.25) is 0 Å². The van der Waals surface area contributed by atoms with Crippen LogP contribution in [0.4, 0.5) is 5.69 Å². The van der Waals surface area contributed by atoms with Crippen molar-refractivity contribution in [3.8, 4) is 17.1 Å². The molecule has 2 aromatic heterocycles. The zero-order valence-electron chi connectivity index (χ0n) is 16.8. The van der Waals surface area contributed by atoms with Crippen LogP contribution in [0.3, 0.4) is 0 Å². The molecule has 0 aliphatic rings. The predicted molar refractivity (Wildman–Crippen MR) is 118 cm³/mol. The molecule has 2 aromatic carbocycles. The molecular formula is C24H22N4O2. The summed E-state index contributed by atoms with van der Waals surface area (Å²) < 4.78 is 1.98. The summed E-state index contributed by atoms with van der Waals surface area (Å²) in [4.78, 5) is 32.0. The first-order chi connectivity index (χ1) is 14.5. The minimum absolute atomic E-state index is 0.191. The van der Waals surface area contributed by atoms with E-state index in [0.29, 0.717) is 23.5 Å². The Morgan fingerprint density at radius 3 is 2.63 bits per heavy atom. The van der Waals surface area contributed by atoms with Crippen LogP contribution >= 0.6 is 0 Å². The lowest BCUT2D eigenvalue weighted by molar-refractivity contribution is 0.102. The number of aromatic nitrogens is 3. The number of aromatic amines is 1. The van der Waals surface area contributed by atoms with Gasteiger partial charge in [-0.15, -0.1) is 0 Å². The summed E-state index contributed by atoms with van der Waals surface area (Å²) in [5.74, 6) is 0.282. The number of H-pyrrole nitrogens is 1. The van der Waals surface area contributed by atoms with Gasteiger partial charge in [0, 0.05) is 46.7 Å². The van der Waals surface area contributed by atoms with Gasteiger partial charge in [-0.05, 0) is 55.3 Å². The summed E-state index contributed by atoms with van der Waals surface area (Å²) in [6, 6.07) is 18.3. The molecule has 0 radical (unpaired) electrons. The van der Waals surface area contributed by atoms with E-state index in [1.54, 1.807) is 6.07 Å². The first kappa shape index (κ1) is 19.4. The molecule has 0 spiro atoms. The van der Waals surface area contributed by atoms with Crippen LogP contribution in [0.5, 0.6) is 0 Å². The SMILES string of the molecule is CCc1cc(=O)[nH]c(-c2cccc(NC(=O)c3ccc(C)c(-n4cccc4)c3)c2)n1. The lowest BCUT2D eigenvalue weighted by Gasteiger charge is -2.11. The fourth-order valence-electron chi connectivity index (χ4n) is 3.30. The second kappa shape index (κ2) is 8.21. The van der Waals surface area contributed by atoms with Crippen molar-refractivity contribution in [1.29, 1.82) is 0 Å². The standard InChI is InChI=1S/C24H22N4O2/c1-3-19-15-22(29)27-23(25-19)17-7-6-8-20(13-17)26-24(30)18-10-9-16(2)21(14-18)28-11-4-5-12-28/h4-15H,3H2,1-2H3,(H,26,30)(H,25,27,29). The topological polar surface area (TPSA) is 79.8 Å². The van der Waals surface area contributed by atoms with Crippen molar-refractivity contribution in [2.45, 2.75) is 20.3 Å². The molecule has 4 rings (SSSR count). The van der Waals surface area contributed by atoms with E-state index in [0.717, 1.165) is 22.5 Å². The van der Waals surface area contributed by atoms with E-state index >= 15 is 0 Å². The molecule has 2 heterocycles. The number of rotatable bonds is 5. The van der Waals surface area contributed by atoms with E-state index in [1.807, 2.05) is 79.3 Å². The van der Waals surface area contributed by atoms with Gasteiger partial charge < -0.3 is 14.9 Å². The van der Waals surface area contributed by atoms with E-state index in [-0.39, 0.29) is 11.5 Å². The van der Waals surface area contributed by atoms with Crippen LogP contribution in [-0.2, 0) is 6.42 Å². The van der Waals surface area contributed by atoms with Crippen LogP contribution in [0.1, 0.15) is 28.5 Å². The number of carbonyl (C=O) groups is 1. The summed E-state index contributed by atoms with van der Waals surface area (Å²) in [6.45, 7) is 3.96. The number of nitrogens with one attached hydrogen (secondary N) is 2. The van der Waals surface area contributed by atoms with Crippen molar-refractivity contribution < 1.29 is 4.79 Å². The highest BCUT2D eigenvalue weighted by molar-refractivity contribution is 6.04. The van der Waals surface area contributed by atoms with Gasteiger partial charge in [-0.3, -0.25) is 9.59 Å². The zero-order chi connectivity index (χ0) is 21.1. The third-order valence-corrected chi connectivity index (χ3v) is 4.90. The van der Waals surface area contributed by atoms with Crippen molar-refractivity contribution >= 4 is 11.6 Å². The van der Waals surface area contributed by atoms with Gasteiger partial charge in [0.05, 0.1) is 0 Å². The number of carbonyl (C=O) groups excluding carboxylic acids is 1. The summed E-state index contributed by atoms with van der Waals surface area (Å²) in [5.41, 5.74) is 4.50. The molecule has 0 aliphatic carbocycles. The lowest BCUT2D eigenvalue weighted by Crippen LogP contribution is -2.13. The minimum atomic E-state index is -0.204. The molecule has 6 nitrogen and oxygen atoms in total. The van der Waals surface area contributed by atoms with Crippen LogP contribution in [0, 0.1) is 6.92 Å². The highest BCUT2D eigenvalue weighted by atomic mass is 16.1. The number of aryl methyl sites for hydroxylation is 2. The van der Waals surface area contributed by atoms with Crippen LogP contribution in [0.2, 0.25) is 0 Å². The Morgan fingerprint density at radius 2 is 1.87 bits per heavy atom. The molecule has 1 amide bonds. The Hall–Kier alpha value is -3.93. The molecule has 6 heteroatoms. The van der Waals surface area contributed by atoms with Crippen molar-refractivity contribution in [3.05, 3.63) is 100 Å². The Morgan fingerprint density at radius 1 is 1.07 bits per heavy atom. The Kier molecular flexibility index (Phi) is 5.30. The smallest absolute Gasteiger partial charge is 0.255 e. The largest absolute Gasteiger partial charge is 0.324 e. The first-order valence-electron chi connectivity index (χ1n) is 9.79. The number of benzene rings is 2. The maximum atomic E-state index is 12.9. The Labute approximate surface area is 174 Å². The molecule has 0 saturated carbocycles. The quantitative estimate of drug-likeness (QED) is 0.524. The molecule has 0 unspecified atom stereocenters. The van der Waals surface area contributed by atoms with Crippen molar-refractivity contribution in [2.24, 2.45) is 0 Å². The van der Waals surface area contributed by atoms with Crippen LogP contribution < -0.4 is 10.9 Å². The summed E-state index contributed by atoms with van der Waals surface area (Å²) in [6.07, 6.45) is 4.57.